The van der Waals surface area contributed by atoms with E-state index < -0.39 is 0 Å². The highest BCUT2D eigenvalue weighted by atomic mass is 15.3. The van der Waals surface area contributed by atoms with Crippen molar-refractivity contribution >= 4 is 5.69 Å². The van der Waals surface area contributed by atoms with E-state index in [2.05, 4.69) is 54.8 Å². The van der Waals surface area contributed by atoms with Crippen LogP contribution in [0.15, 0.2) is 24.3 Å². The van der Waals surface area contributed by atoms with Gasteiger partial charge in [-0.05, 0) is 32.5 Å². The molecule has 0 N–H and O–H groups in total. The van der Waals surface area contributed by atoms with Crippen molar-refractivity contribution in [3.05, 3.63) is 29.8 Å². The van der Waals surface area contributed by atoms with Crippen LogP contribution in [0, 0.1) is 6.92 Å². The Morgan fingerprint density at radius 1 is 1.19 bits per heavy atom. The van der Waals surface area contributed by atoms with E-state index in [1.165, 1.54) is 24.3 Å². The van der Waals surface area contributed by atoms with Gasteiger partial charge < -0.3 is 4.90 Å². The smallest absolute Gasteiger partial charge is 0.0367 e. The van der Waals surface area contributed by atoms with E-state index in [0.29, 0.717) is 6.04 Å². The fourth-order valence-electron chi connectivity index (χ4n) is 2.46. The van der Waals surface area contributed by atoms with Crippen molar-refractivity contribution in [3.8, 4) is 0 Å². The molecule has 88 valence electrons. The molecular formula is C14H22N2. The minimum absolute atomic E-state index is 0.667. The highest BCUT2D eigenvalue weighted by Crippen LogP contribution is 2.19. The summed E-state index contributed by atoms with van der Waals surface area (Å²) < 4.78 is 0. The molecule has 1 heterocycles. The lowest BCUT2D eigenvalue weighted by atomic mass is 10.1. The Bertz CT molecular complexity index is 331. The summed E-state index contributed by atoms with van der Waals surface area (Å²) in [7, 11) is 0. The lowest BCUT2D eigenvalue weighted by Gasteiger charge is -2.40. The fraction of sp³-hybridized carbons (Fsp3) is 0.571. The normalized spacial score (nSPS) is 22.4. The molecule has 0 bridgehead atoms. The number of anilines is 1. The first-order chi connectivity index (χ1) is 7.70. The van der Waals surface area contributed by atoms with Crippen LogP contribution < -0.4 is 4.90 Å². The third-order valence-corrected chi connectivity index (χ3v) is 3.57. The molecule has 2 heteroatoms. The number of piperazine rings is 1. The molecule has 0 radical (unpaired) electrons. The van der Waals surface area contributed by atoms with Crippen LogP contribution in [0.25, 0.3) is 0 Å². The summed E-state index contributed by atoms with van der Waals surface area (Å²) in [5, 5.41) is 0. The molecule has 1 fully saturated rings. The van der Waals surface area contributed by atoms with Gasteiger partial charge in [-0.1, -0.05) is 24.6 Å². The Labute approximate surface area is 98.9 Å². The number of benzene rings is 1. The van der Waals surface area contributed by atoms with Crippen LogP contribution in [-0.4, -0.2) is 37.1 Å². The van der Waals surface area contributed by atoms with Crippen molar-refractivity contribution in [1.29, 1.82) is 0 Å². The third-order valence-electron chi connectivity index (χ3n) is 3.57. The molecule has 0 aromatic heterocycles. The number of nitrogens with zero attached hydrogens (tertiary/aromatic N) is 2. The molecule has 2 nitrogen and oxygen atoms in total. The molecule has 1 aliphatic rings. The topological polar surface area (TPSA) is 6.48 Å². The van der Waals surface area contributed by atoms with Crippen molar-refractivity contribution in [1.82, 2.24) is 4.90 Å². The van der Waals surface area contributed by atoms with Gasteiger partial charge in [0, 0.05) is 31.4 Å². The van der Waals surface area contributed by atoms with E-state index in [9.17, 15) is 0 Å². The summed E-state index contributed by atoms with van der Waals surface area (Å²) in [6.45, 7) is 11.4. The lowest BCUT2D eigenvalue weighted by Crippen LogP contribution is -2.51. The third kappa shape index (κ3) is 2.38. The summed E-state index contributed by atoms with van der Waals surface area (Å²) >= 11 is 0. The van der Waals surface area contributed by atoms with Gasteiger partial charge in [0.1, 0.15) is 0 Å². The Kier molecular flexibility index (Phi) is 3.49. The van der Waals surface area contributed by atoms with E-state index >= 15 is 0 Å². The lowest BCUT2D eigenvalue weighted by molar-refractivity contribution is 0.199. The van der Waals surface area contributed by atoms with Crippen LogP contribution in [0.4, 0.5) is 5.69 Å². The van der Waals surface area contributed by atoms with Gasteiger partial charge >= 0.3 is 0 Å². The quantitative estimate of drug-likeness (QED) is 0.752. The number of likely N-dealkylation sites (N-methyl/N-ethyl adjacent to an activating group) is 1. The molecule has 1 saturated heterocycles. The van der Waals surface area contributed by atoms with Gasteiger partial charge in [0.05, 0.1) is 0 Å². The van der Waals surface area contributed by atoms with Crippen molar-refractivity contribution in [2.24, 2.45) is 0 Å². The van der Waals surface area contributed by atoms with Crippen molar-refractivity contribution in [2.75, 3.05) is 31.1 Å². The second-order valence-electron chi connectivity index (χ2n) is 4.76. The maximum absolute atomic E-state index is 2.55. The van der Waals surface area contributed by atoms with Gasteiger partial charge in [-0.25, -0.2) is 0 Å². The molecule has 1 aliphatic heterocycles. The molecule has 16 heavy (non-hydrogen) atoms. The Hall–Kier alpha value is -1.02. The first kappa shape index (κ1) is 11.5. The monoisotopic (exact) mass is 218 g/mol. The molecule has 2 rings (SSSR count). The zero-order chi connectivity index (χ0) is 11.5. The fourth-order valence-corrected chi connectivity index (χ4v) is 2.46. The largest absolute Gasteiger partial charge is 0.369 e. The summed E-state index contributed by atoms with van der Waals surface area (Å²) in [5.74, 6) is 0. The predicted molar refractivity (Wildman–Crippen MR) is 70.1 cm³/mol. The van der Waals surface area contributed by atoms with Crippen LogP contribution >= 0.6 is 0 Å². The van der Waals surface area contributed by atoms with Gasteiger partial charge in [0.15, 0.2) is 0 Å². The van der Waals surface area contributed by atoms with Gasteiger partial charge in [-0.15, -0.1) is 0 Å². The van der Waals surface area contributed by atoms with E-state index in [0.717, 1.165) is 13.1 Å². The minimum Gasteiger partial charge on any atom is -0.369 e. The van der Waals surface area contributed by atoms with Crippen LogP contribution in [0.2, 0.25) is 0 Å². The maximum atomic E-state index is 2.55. The number of hydrogen-bond acceptors (Lipinski definition) is 2. The molecule has 1 aromatic rings. The minimum atomic E-state index is 0.667. The number of aryl methyl sites for hydroxylation is 1. The Morgan fingerprint density at radius 3 is 2.44 bits per heavy atom. The zero-order valence-corrected chi connectivity index (χ0v) is 10.6. The van der Waals surface area contributed by atoms with Gasteiger partial charge in [0.25, 0.3) is 0 Å². The van der Waals surface area contributed by atoms with Gasteiger partial charge in [0.2, 0.25) is 0 Å². The summed E-state index contributed by atoms with van der Waals surface area (Å²) in [4.78, 5) is 5.04. The molecule has 1 unspecified atom stereocenters. The highest BCUT2D eigenvalue weighted by molar-refractivity contribution is 5.48. The molecular weight excluding hydrogens is 196 g/mol. The zero-order valence-electron chi connectivity index (χ0n) is 10.6. The summed E-state index contributed by atoms with van der Waals surface area (Å²) in [6, 6.07) is 9.55. The number of rotatable bonds is 2. The van der Waals surface area contributed by atoms with Crippen LogP contribution in [0.1, 0.15) is 19.4 Å². The summed E-state index contributed by atoms with van der Waals surface area (Å²) in [6.07, 6.45) is 0. The second kappa shape index (κ2) is 4.88. The van der Waals surface area contributed by atoms with Crippen LogP contribution in [0.3, 0.4) is 0 Å². The Morgan fingerprint density at radius 2 is 1.88 bits per heavy atom. The van der Waals surface area contributed by atoms with Crippen molar-refractivity contribution < 1.29 is 0 Å². The van der Waals surface area contributed by atoms with E-state index in [-0.39, 0.29) is 0 Å². The standard InChI is InChI=1S/C14H22N2/c1-4-15-9-10-16(11-13(15)3)14-7-5-12(2)6-8-14/h5-8,13H,4,9-11H2,1-3H3. The molecule has 0 spiro atoms. The SMILES string of the molecule is CCN1CCN(c2ccc(C)cc2)CC1C. The van der Waals surface area contributed by atoms with Crippen LogP contribution in [-0.2, 0) is 0 Å². The molecule has 1 atom stereocenters. The molecule has 0 amide bonds. The van der Waals surface area contributed by atoms with E-state index in [4.69, 9.17) is 0 Å². The Balaban J connectivity index is 2.04. The van der Waals surface area contributed by atoms with Crippen LogP contribution in [0.5, 0.6) is 0 Å². The predicted octanol–water partition coefficient (Wildman–Crippen LogP) is 2.53. The summed E-state index contributed by atoms with van der Waals surface area (Å²) in [5.41, 5.74) is 2.71. The van der Waals surface area contributed by atoms with Gasteiger partial charge in [-0.2, -0.15) is 0 Å². The first-order valence-corrected chi connectivity index (χ1v) is 6.26. The first-order valence-electron chi connectivity index (χ1n) is 6.26. The van der Waals surface area contributed by atoms with Gasteiger partial charge in [-0.3, -0.25) is 4.90 Å². The average Bonchev–Trinajstić information content (AvgIpc) is 2.30. The second-order valence-corrected chi connectivity index (χ2v) is 4.76. The molecule has 0 aliphatic carbocycles. The van der Waals surface area contributed by atoms with Crippen molar-refractivity contribution in [2.45, 2.75) is 26.8 Å². The van der Waals surface area contributed by atoms with E-state index in [1.807, 2.05) is 0 Å². The molecule has 1 aromatic carbocycles. The average molecular weight is 218 g/mol. The highest BCUT2D eigenvalue weighted by Gasteiger charge is 2.22. The molecule has 0 saturated carbocycles. The van der Waals surface area contributed by atoms with E-state index in [1.54, 1.807) is 0 Å². The maximum Gasteiger partial charge on any atom is 0.0367 e. The number of hydrogen-bond donors (Lipinski definition) is 0. The van der Waals surface area contributed by atoms with Crippen molar-refractivity contribution in [3.63, 3.8) is 0 Å².